The van der Waals surface area contributed by atoms with Crippen LogP contribution < -0.4 is 10.5 Å². The number of rotatable bonds is 5. The topological polar surface area (TPSA) is 55.5 Å². The molecular weight excluding hydrogens is 226 g/mol. The van der Waals surface area contributed by atoms with E-state index in [9.17, 15) is 0 Å². The largest absolute Gasteiger partial charge is 0.489 e. The highest BCUT2D eigenvalue weighted by molar-refractivity contribution is 5.30. The van der Waals surface area contributed by atoms with E-state index in [0.29, 0.717) is 13.2 Å². The van der Waals surface area contributed by atoms with E-state index < -0.39 is 0 Å². The number of aliphatic hydroxyl groups is 1. The third kappa shape index (κ3) is 3.09. The van der Waals surface area contributed by atoms with Gasteiger partial charge >= 0.3 is 0 Å². The molecule has 2 rings (SSSR count). The minimum absolute atomic E-state index is 0.0244. The summed E-state index contributed by atoms with van der Waals surface area (Å²) in [5, 5.41) is 9.06. The summed E-state index contributed by atoms with van der Waals surface area (Å²) in [6, 6.07) is 15.4. The molecule has 2 aromatic carbocycles. The lowest BCUT2D eigenvalue weighted by Crippen LogP contribution is -2.04. The van der Waals surface area contributed by atoms with Gasteiger partial charge in [0.25, 0.3) is 0 Å². The van der Waals surface area contributed by atoms with Crippen LogP contribution in [0.5, 0.6) is 5.75 Å². The van der Waals surface area contributed by atoms with Gasteiger partial charge in [0.15, 0.2) is 0 Å². The van der Waals surface area contributed by atoms with Gasteiger partial charge in [0.2, 0.25) is 0 Å². The molecule has 0 bridgehead atoms. The van der Waals surface area contributed by atoms with E-state index in [4.69, 9.17) is 15.6 Å². The Bertz CT molecular complexity index is 511. The molecule has 0 fully saturated rings. The number of aliphatic hydroxyl groups excluding tert-OH is 1. The third-order valence-corrected chi connectivity index (χ3v) is 2.81. The second kappa shape index (κ2) is 6.19. The highest BCUT2D eigenvalue weighted by Gasteiger charge is 2.01. The molecule has 3 nitrogen and oxygen atoms in total. The number of hydrogen-bond acceptors (Lipinski definition) is 3. The maximum absolute atomic E-state index is 9.06. The summed E-state index contributed by atoms with van der Waals surface area (Å²) in [5.74, 6) is 0.758. The van der Waals surface area contributed by atoms with Gasteiger partial charge in [-0.25, -0.2) is 0 Å². The summed E-state index contributed by atoms with van der Waals surface area (Å²) in [6.45, 7) is 1.02. The Balaban J connectivity index is 2.06. The smallest absolute Gasteiger partial charge is 0.120 e. The van der Waals surface area contributed by atoms with E-state index in [0.717, 1.165) is 22.4 Å². The second-order valence-corrected chi connectivity index (χ2v) is 4.07. The zero-order chi connectivity index (χ0) is 12.8. The van der Waals surface area contributed by atoms with Crippen LogP contribution in [0, 0.1) is 0 Å². The fraction of sp³-hybridized carbons (Fsp3) is 0.200. The monoisotopic (exact) mass is 243 g/mol. The molecule has 0 aliphatic carbocycles. The standard InChI is InChI=1S/C15H17NO2/c16-9-13-5-1-2-6-14(13)11-18-15-7-3-4-12(8-15)10-17/h1-8,17H,9-11,16H2. The first-order chi connectivity index (χ1) is 8.83. The van der Waals surface area contributed by atoms with Crippen molar-refractivity contribution in [2.75, 3.05) is 0 Å². The zero-order valence-electron chi connectivity index (χ0n) is 10.2. The molecule has 0 radical (unpaired) electrons. The van der Waals surface area contributed by atoms with Gasteiger partial charge in [-0.1, -0.05) is 36.4 Å². The normalized spacial score (nSPS) is 10.3. The van der Waals surface area contributed by atoms with Crippen molar-refractivity contribution in [2.24, 2.45) is 5.73 Å². The predicted molar refractivity (Wildman–Crippen MR) is 71.0 cm³/mol. The molecule has 0 unspecified atom stereocenters. The van der Waals surface area contributed by atoms with Crippen LogP contribution in [0.4, 0.5) is 0 Å². The van der Waals surface area contributed by atoms with Gasteiger partial charge in [-0.15, -0.1) is 0 Å². The Morgan fingerprint density at radius 2 is 1.78 bits per heavy atom. The van der Waals surface area contributed by atoms with Crippen molar-refractivity contribution >= 4 is 0 Å². The highest BCUT2D eigenvalue weighted by Crippen LogP contribution is 2.16. The van der Waals surface area contributed by atoms with Gasteiger partial charge in [0.1, 0.15) is 12.4 Å². The second-order valence-electron chi connectivity index (χ2n) is 4.07. The maximum atomic E-state index is 9.06. The van der Waals surface area contributed by atoms with Crippen LogP contribution in [0.25, 0.3) is 0 Å². The van der Waals surface area contributed by atoms with Crippen LogP contribution in [0.2, 0.25) is 0 Å². The fourth-order valence-corrected chi connectivity index (χ4v) is 1.79. The Morgan fingerprint density at radius 3 is 2.50 bits per heavy atom. The van der Waals surface area contributed by atoms with Crippen LogP contribution in [-0.4, -0.2) is 5.11 Å². The average Bonchev–Trinajstić information content (AvgIpc) is 2.45. The molecule has 0 saturated heterocycles. The van der Waals surface area contributed by atoms with Gasteiger partial charge in [-0.05, 0) is 28.8 Å². The van der Waals surface area contributed by atoms with E-state index in [1.807, 2.05) is 48.5 Å². The van der Waals surface area contributed by atoms with Crippen LogP contribution in [0.3, 0.4) is 0 Å². The van der Waals surface area contributed by atoms with E-state index in [-0.39, 0.29) is 6.61 Å². The first kappa shape index (κ1) is 12.6. The minimum Gasteiger partial charge on any atom is -0.489 e. The maximum Gasteiger partial charge on any atom is 0.120 e. The fourth-order valence-electron chi connectivity index (χ4n) is 1.79. The van der Waals surface area contributed by atoms with Crippen LogP contribution in [-0.2, 0) is 19.8 Å². The van der Waals surface area contributed by atoms with Crippen molar-refractivity contribution in [3.05, 3.63) is 65.2 Å². The van der Waals surface area contributed by atoms with E-state index in [1.54, 1.807) is 0 Å². The zero-order valence-corrected chi connectivity index (χ0v) is 10.2. The summed E-state index contributed by atoms with van der Waals surface area (Å²) < 4.78 is 5.71. The summed E-state index contributed by atoms with van der Waals surface area (Å²) in [4.78, 5) is 0. The predicted octanol–water partition coefficient (Wildman–Crippen LogP) is 2.22. The third-order valence-electron chi connectivity index (χ3n) is 2.81. The molecule has 0 aromatic heterocycles. The van der Waals surface area contributed by atoms with Crippen LogP contribution in [0.15, 0.2) is 48.5 Å². The Labute approximate surface area is 107 Å². The molecule has 0 heterocycles. The molecule has 0 saturated carbocycles. The van der Waals surface area contributed by atoms with Gasteiger partial charge < -0.3 is 15.6 Å². The van der Waals surface area contributed by atoms with Crippen molar-refractivity contribution in [2.45, 2.75) is 19.8 Å². The van der Waals surface area contributed by atoms with E-state index in [1.165, 1.54) is 0 Å². The molecular formula is C15H17NO2. The molecule has 0 aliphatic rings. The lowest BCUT2D eigenvalue weighted by molar-refractivity contribution is 0.278. The van der Waals surface area contributed by atoms with Crippen molar-refractivity contribution in [1.82, 2.24) is 0 Å². The van der Waals surface area contributed by atoms with Crippen LogP contribution in [0.1, 0.15) is 16.7 Å². The molecule has 0 atom stereocenters. The van der Waals surface area contributed by atoms with Crippen molar-refractivity contribution < 1.29 is 9.84 Å². The molecule has 94 valence electrons. The molecule has 0 amide bonds. The van der Waals surface area contributed by atoms with Gasteiger partial charge in [-0.3, -0.25) is 0 Å². The van der Waals surface area contributed by atoms with Crippen molar-refractivity contribution in [3.8, 4) is 5.75 Å². The average molecular weight is 243 g/mol. The van der Waals surface area contributed by atoms with Gasteiger partial charge in [-0.2, -0.15) is 0 Å². The van der Waals surface area contributed by atoms with Gasteiger partial charge in [0, 0.05) is 6.54 Å². The number of nitrogens with two attached hydrogens (primary N) is 1. The van der Waals surface area contributed by atoms with E-state index >= 15 is 0 Å². The quantitative estimate of drug-likeness (QED) is 0.846. The number of ether oxygens (including phenoxy) is 1. The molecule has 0 spiro atoms. The van der Waals surface area contributed by atoms with Crippen molar-refractivity contribution in [1.29, 1.82) is 0 Å². The molecule has 0 aliphatic heterocycles. The molecule has 3 heteroatoms. The molecule has 3 N–H and O–H groups in total. The SMILES string of the molecule is NCc1ccccc1COc1cccc(CO)c1. The van der Waals surface area contributed by atoms with Crippen molar-refractivity contribution in [3.63, 3.8) is 0 Å². The molecule has 18 heavy (non-hydrogen) atoms. The number of hydrogen-bond donors (Lipinski definition) is 2. The van der Waals surface area contributed by atoms with E-state index in [2.05, 4.69) is 0 Å². The van der Waals surface area contributed by atoms with Crippen LogP contribution >= 0.6 is 0 Å². The summed E-state index contributed by atoms with van der Waals surface area (Å²) in [5.41, 5.74) is 8.71. The Hall–Kier alpha value is -1.84. The summed E-state index contributed by atoms with van der Waals surface area (Å²) in [6.07, 6.45) is 0. The van der Waals surface area contributed by atoms with Gasteiger partial charge in [0.05, 0.1) is 6.61 Å². The molecule has 2 aromatic rings. The lowest BCUT2D eigenvalue weighted by atomic mass is 10.1. The summed E-state index contributed by atoms with van der Waals surface area (Å²) in [7, 11) is 0. The lowest BCUT2D eigenvalue weighted by Gasteiger charge is -2.10. The highest BCUT2D eigenvalue weighted by atomic mass is 16.5. The first-order valence-corrected chi connectivity index (χ1v) is 5.93. The Morgan fingerprint density at radius 1 is 1.00 bits per heavy atom. The Kier molecular flexibility index (Phi) is 4.34. The minimum atomic E-state index is 0.0244. The number of benzene rings is 2. The first-order valence-electron chi connectivity index (χ1n) is 5.93. The summed E-state index contributed by atoms with van der Waals surface area (Å²) >= 11 is 0.